The topological polar surface area (TPSA) is 52.5 Å². The van der Waals surface area contributed by atoms with Crippen molar-refractivity contribution in [3.63, 3.8) is 0 Å². The molecule has 0 aliphatic heterocycles. The Morgan fingerprint density at radius 1 is 1.04 bits per heavy atom. The number of alkyl halides is 3. The summed E-state index contributed by atoms with van der Waals surface area (Å²) in [4.78, 5) is 0. The van der Waals surface area contributed by atoms with Gasteiger partial charge in [0.15, 0.2) is 0 Å². The fourth-order valence-electron chi connectivity index (χ4n) is 2.55. The minimum absolute atomic E-state index is 0.0835. The van der Waals surface area contributed by atoms with Crippen molar-refractivity contribution < 1.29 is 27.8 Å². The monoisotopic (exact) mass is 357 g/mol. The van der Waals surface area contributed by atoms with Crippen LogP contribution in [0.5, 0.6) is 0 Å². The lowest BCUT2D eigenvalue weighted by molar-refractivity contribution is -0.137. The van der Waals surface area contributed by atoms with E-state index in [1.165, 1.54) is 37.3 Å². The van der Waals surface area contributed by atoms with Crippen molar-refractivity contribution in [2.75, 3.05) is 6.54 Å². The second-order valence-electron chi connectivity index (χ2n) is 5.79. The van der Waals surface area contributed by atoms with E-state index >= 15 is 0 Å². The third-order valence-corrected chi connectivity index (χ3v) is 3.85. The summed E-state index contributed by atoms with van der Waals surface area (Å²) >= 11 is 0. The second kappa shape index (κ2) is 7.95. The van der Waals surface area contributed by atoms with Crippen molar-refractivity contribution in [1.29, 1.82) is 0 Å². The van der Waals surface area contributed by atoms with E-state index < -0.39 is 35.8 Å². The molecule has 2 aromatic rings. The van der Waals surface area contributed by atoms with E-state index in [-0.39, 0.29) is 17.7 Å². The molecule has 0 radical (unpaired) electrons. The van der Waals surface area contributed by atoms with Gasteiger partial charge in [0.1, 0.15) is 5.82 Å². The summed E-state index contributed by atoms with van der Waals surface area (Å²) in [7, 11) is 0. The first-order chi connectivity index (χ1) is 11.7. The van der Waals surface area contributed by atoms with Gasteiger partial charge in [-0.25, -0.2) is 4.39 Å². The molecule has 0 amide bonds. The Bertz CT molecular complexity index is 703. The molecule has 3 N–H and O–H groups in total. The second-order valence-corrected chi connectivity index (χ2v) is 5.79. The molecule has 0 aromatic heterocycles. The Labute approximate surface area is 142 Å². The van der Waals surface area contributed by atoms with E-state index in [9.17, 15) is 27.8 Å². The summed E-state index contributed by atoms with van der Waals surface area (Å²) in [6.07, 6.45) is -6.71. The summed E-state index contributed by atoms with van der Waals surface area (Å²) in [5, 5.41) is 22.8. The number of nitrogens with one attached hydrogen (secondary N) is 1. The van der Waals surface area contributed by atoms with Crippen molar-refractivity contribution in [1.82, 2.24) is 5.32 Å². The molecular weight excluding hydrogens is 338 g/mol. The van der Waals surface area contributed by atoms with Gasteiger partial charge in [-0.15, -0.1) is 0 Å². The van der Waals surface area contributed by atoms with Crippen molar-refractivity contribution in [2.24, 2.45) is 0 Å². The highest BCUT2D eigenvalue weighted by Gasteiger charge is 2.31. The van der Waals surface area contributed by atoms with Crippen LogP contribution in [0.3, 0.4) is 0 Å². The molecule has 0 aliphatic carbocycles. The lowest BCUT2D eigenvalue weighted by Gasteiger charge is -2.24. The summed E-state index contributed by atoms with van der Waals surface area (Å²) in [6.45, 7) is 1.31. The molecule has 2 rings (SSSR count). The Kier molecular flexibility index (Phi) is 6.16. The first-order valence-electron chi connectivity index (χ1n) is 7.71. The Balaban J connectivity index is 2.12. The average molecular weight is 357 g/mol. The van der Waals surface area contributed by atoms with Crippen LogP contribution in [-0.2, 0) is 6.18 Å². The van der Waals surface area contributed by atoms with Gasteiger partial charge in [0.05, 0.1) is 23.8 Å². The summed E-state index contributed by atoms with van der Waals surface area (Å²) in [5.74, 6) is -0.519. The van der Waals surface area contributed by atoms with Crippen molar-refractivity contribution >= 4 is 0 Å². The minimum Gasteiger partial charge on any atom is -0.391 e. The smallest absolute Gasteiger partial charge is 0.391 e. The average Bonchev–Trinajstić information content (AvgIpc) is 2.55. The van der Waals surface area contributed by atoms with E-state index in [1.54, 1.807) is 6.07 Å². The van der Waals surface area contributed by atoms with E-state index in [0.29, 0.717) is 0 Å². The van der Waals surface area contributed by atoms with Gasteiger partial charge in [0, 0.05) is 12.1 Å². The number of hydrogen-bond acceptors (Lipinski definition) is 3. The number of rotatable bonds is 6. The quantitative estimate of drug-likeness (QED) is 0.693. The normalized spacial score (nSPS) is 15.6. The van der Waals surface area contributed by atoms with E-state index in [2.05, 4.69) is 5.32 Å². The Hall–Kier alpha value is -1.96. The zero-order valence-corrected chi connectivity index (χ0v) is 13.5. The van der Waals surface area contributed by atoms with Crippen LogP contribution in [-0.4, -0.2) is 22.9 Å². The minimum atomic E-state index is -4.50. The molecule has 2 aromatic carbocycles. The molecule has 0 saturated heterocycles. The van der Waals surface area contributed by atoms with Crippen LogP contribution in [0.1, 0.15) is 35.8 Å². The molecule has 3 nitrogen and oxygen atoms in total. The van der Waals surface area contributed by atoms with Gasteiger partial charge in [-0.3, -0.25) is 0 Å². The van der Waals surface area contributed by atoms with Crippen molar-refractivity contribution in [2.45, 2.75) is 31.3 Å². The molecule has 7 heteroatoms. The highest BCUT2D eigenvalue weighted by molar-refractivity contribution is 5.28. The van der Waals surface area contributed by atoms with Crippen LogP contribution in [0.4, 0.5) is 17.6 Å². The SMILES string of the molecule is CC(O)C(NCC(O)c1cccc(C(F)(F)F)c1)c1ccccc1F. The maximum atomic E-state index is 13.9. The summed E-state index contributed by atoms with van der Waals surface area (Å²) < 4.78 is 52.1. The lowest BCUT2D eigenvalue weighted by Crippen LogP contribution is -2.34. The standard InChI is InChI=1S/C18H19F4NO2/c1-11(24)17(14-7-2-3-8-15(14)19)23-10-16(25)12-5-4-6-13(9-12)18(20,21)22/h2-9,11,16-17,23-25H,10H2,1H3. The van der Waals surface area contributed by atoms with Gasteiger partial charge in [-0.2, -0.15) is 13.2 Å². The molecule has 136 valence electrons. The van der Waals surface area contributed by atoms with Gasteiger partial charge in [0.25, 0.3) is 0 Å². The zero-order chi connectivity index (χ0) is 18.6. The van der Waals surface area contributed by atoms with Crippen LogP contribution >= 0.6 is 0 Å². The van der Waals surface area contributed by atoms with Crippen LogP contribution in [0.25, 0.3) is 0 Å². The number of hydrogen-bond donors (Lipinski definition) is 3. The predicted molar refractivity (Wildman–Crippen MR) is 85.2 cm³/mol. The van der Waals surface area contributed by atoms with Gasteiger partial charge in [-0.1, -0.05) is 30.3 Å². The fraction of sp³-hybridized carbons (Fsp3) is 0.333. The van der Waals surface area contributed by atoms with Crippen LogP contribution in [0, 0.1) is 5.82 Å². The highest BCUT2D eigenvalue weighted by Crippen LogP contribution is 2.31. The number of benzene rings is 2. The Morgan fingerprint density at radius 3 is 2.32 bits per heavy atom. The van der Waals surface area contributed by atoms with Gasteiger partial charge >= 0.3 is 6.18 Å². The molecule has 0 aliphatic rings. The molecule has 0 bridgehead atoms. The molecule has 0 heterocycles. The highest BCUT2D eigenvalue weighted by atomic mass is 19.4. The molecule has 3 atom stereocenters. The van der Waals surface area contributed by atoms with Crippen LogP contribution < -0.4 is 5.32 Å². The number of aliphatic hydroxyl groups is 2. The third kappa shape index (κ3) is 5.01. The van der Waals surface area contributed by atoms with Crippen molar-refractivity contribution in [3.8, 4) is 0 Å². The van der Waals surface area contributed by atoms with E-state index in [1.807, 2.05) is 0 Å². The maximum Gasteiger partial charge on any atom is 0.416 e. The van der Waals surface area contributed by atoms with E-state index in [4.69, 9.17) is 0 Å². The fourth-order valence-corrected chi connectivity index (χ4v) is 2.55. The molecule has 25 heavy (non-hydrogen) atoms. The predicted octanol–water partition coefficient (Wildman–Crippen LogP) is 3.59. The van der Waals surface area contributed by atoms with Crippen LogP contribution in [0.2, 0.25) is 0 Å². The van der Waals surface area contributed by atoms with Crippen LogP contribution in [0.15, 0.2) is 48.5 Å². The molecule has 0 saturated carbocycles. The largest absolute Gasteiger partial charge is 0.416 e. The third-order valence-electron chi connectivity index (χ3n) is 3.85. The van der Waals surface area contributed by atoms with Gasteiger partial charge < -0.3 is 15.5 Å². The first-order valence-corrected chi connectivity index (χ1v) is 7.71. The Morgan fingerprint density at radius 2 is 1.72 bits per heavy atom. The first kappa shape index (κ1) is 19.4. The number of aliphatic hydroxyl groups excluding tert-OH is 2. The van der Waals surface area contributed by atoms with Crippen molar-refractivity contribution in [3.05, 3.63) is 71.0 Å². The molecule has 0 fully saturated rings. The molecular formula is C18H19F4NO2. The summed E-state index contributed by atoms with van der Waals surface area (Å²) in [5.41, 5.74) is -0.556. The van der Waals surface area contributed by atoms with E-state index in [0.717, 1.165) is 12.1 Å². The lowest BCUT2D eigenvalue weighted by atomic mass is 10.0. The maximum absolute atomic E-state index is 13.9. The molecule has 3 unspecified atom stereocenters. The number of halogens is 4. The molecule has 0 spiro atoms. The summed E-state index contributed by atoms with van der Waals surface area (Å²) in [6, 6.07) is 9.43. The van der Waals surface area contributed by atoms with Gasteiger partial charge in [0.2, 0.25) is 0 Å². The zero-order valence-electron chi connectivity index (χ0n) is 13.5. The van der Waals surface area contributed by atoms with Gasteiger partial charge in [-0.05, 0) is 30.7 Å².